The maximum Gasteiger partial charge on any atom is 0.284 e. The monoisotopic (exact) mass is 468 g/mol. The average Bonchev–Trinajstić information content (AvgIpc) is 3.49. The number of sulfonamides is 1. The molecular weight excluding hydrogens is 452 g/mol. The normalized spacial score (nSPS) is 14.8. The van der Waals surface area contributed by atoms with E-state index < -0.39 is 15.9 Å². The molecule has 9 nitrogen and oxygen atoms in total. The molecule has 1 aliphatic rings. The predicted octanol–water partition coefficient (Wildman–Crippen LogP) is 3.50. The van der Waals surface area contributed by atoms with Crippen LogP contribution in [0.2, 0.25) is 5.02 Å². The summed E-state index contributed by atoms with van der Waals surface area (Å²) in [6.07, 6.45) is 3.16. The predicted molar refractivity (Wildman–Crippen MR) is 111 cm³/mol. The molecule has 0 unspecified atom stereocenters. The smallest absolute Gasteiger partial charge is 0.284 e. The van der Waals surface area contributed by atoms with E-state index in [2.05, 4.69) is 15.5 Å². The van der Waals surface area contributed by atoms with Gasteiger partial charge in [-0.25, -0.2) is 8.42 Å². The van der Waals surface area contributed by atoms with E-state index in [0.717, 1.165) is 24.6 Å². The first-order chi connectivity index (χ1) is 14.4. The number of aromatic nitrogens is 2. The molecule has 1 saturated heterocycles. The summed E-state index contributed by atoms with van der Waals surface area (Å²) in [4.78, 5) is 12.4. The van der Waals surface area contributed by atoms with Gasteiger partial charge < -0.3 is 14.2 Å². The summed E-state index contributed by atoms with van der Waals surface area (Å²) >= 11 is 7.18. The fourth-order valence-corrected chi connectivity index (χ4v) is 5.19. The number of rotatable bonds is 7. The molecule has 3 heterocycles. The van der Waals surface area contributed by atoms with Crippen molar-refractivity contribution < 1.29 is 22.0 Å². The Bertz CT molecular complexity index is 1140. The minimum Gasteiger partial charge on any atom is -0.459 e. The summed E-state index contributed by atoms with van der Waals surface area (Å²) in [5.74, 6) is 0.224. The van der Waals surface area contributed by atoms with Gasteiger partial charge in [-0.2, -0.15) is 4.31 Å². The summed E-state index contributed by atoms with van der Waals surface area (Å²) in [5, 5.41) is 10.8. The summed E-state index contributed by atoms with van der Waals surface area (Å²) in [5.41, 5.74) is 0.226. The van der Waals surface area contributed by atoms with Crippen molar-refractivity contribution in [3.63, 3.8) is 0 Å². The second-order valence-electron chi connectivity index (χ2n) is 6.44. The van der Waals surface area contributed by atoms with E-state index in [1.165, 1.54) is 28.8 Å². The molecule has 1 aromatic carbocycles. The van der Waals surface area contributed by atoms with E-state index in [9.17, 15) is 13.2 Å². The van der Waals surface area contributed by atoms with Gasteiger partial charge in [0.05, 0.1) is 27.6 Å². The van der Waals surface area contributed by atoms with Crippen LogP contribution in [0.5, 0.6) is 0 Å². The molecule has 30 heavy (non-hydrogen) atoms. The van der Waals surface area contributed by atoms with Crippen molar-refractivity contribution >= 4 is 45.0 Å². The molecule has 1 aliphatic heterocycles. The molecule has 0 saturated carbocycles. The van der Waals surface area contributed by atoms with E-state index in [1.807, 2.05) is 0 Å². The molecule has 4 rings (SSSR count). The van der Waals surface area contributed by atoms with Crippen LogP contribution in [0.15, 0.2) is 55.5 Å². The van der Waals surface area contributed by atoms with Gasteiger partial charge in [-0.15, -0.1) is 10.2 Å². The molecule has 0 atom stereocenters. The first-order valence-corrected chi connectivity index (χ1v) is 11.8. The number of carbonyl (C=O) groups excluding carboxylic acids is 1. The fraction of sp³-hybridized carbons (Fsp3) is 0.278. The lowest BCUT2D eigenvalue weighted by molar-refractivity contribution is -0.113. The Morgan fingerprint density at radius 2 is 2.03 bits per heavy atom. The number of furan rings is 1. The number of nitrogens with one attached hydrogen (secondary N) is 1. The Morgan fingerprint density at radius 1 is 1.23 bits per heavy atom. The van der Waals surface area contributed by atoms with Crippen molar-refractivity contribution in [3.05, 3.63) is 41.6 Å². The second-order valence-corrected chi connectivity index (χ2v) is 9.71. The van der Waals surface area contributed by atoms with E-state index in [-0.39, 0.29) is 32.5 Å². The van der Waals surface area contributed by atoms with Crippen LogP contribution in [-0.4, -0.2) is 47.7 Å². The van der Waals surface area contributed by atoms with Gasteiger partial charge in [0.1, 0.15) is 0 Å². The fourth-order valence-electron chi connectivity index (χ4n) is 2.92. The van der Waals surface area contributed by atoms with Crippen molar-refractivity contribution in [1.29, 1.82) is 0 Å². The molecule has 12 heteroatoms. The Labute approximate surface area is 181 Å². The lowest BCUT2D eigenvalue weighted by Crippen LogP contribution is -2.28. The molecular formula is C18H17ClN4O5S2. The number of thioether (sulfide) groups is 1. The van der Waals surface area contributed by atoms with Crippen LogP contribution < -0.4 is 5.32 Å². The SMILES string of the molecule is O=C(CSc1nnc(-c2ccco2)o1)Nc1cc(S(=O)(=O)N2CCCC2)ccc1Cl. The third-order valence-electron chi connectivity index (χ3n) is 4.38. The van der Waals surface area contributed by atoms with Crippen LogP contribution in [0.4, 0.5) is 5.69 Å². The number of anilines is 1. The highest BCUT2D eigenvalue weighted by molar-refractivity contribution is 7.99. The quantitative estimate of drug-likeness (QED) is 0.523. The Balaban J connectivity index is 1.40. The van der Waals surface area contributed by atoms with Crippen LogP contribution in [0.3, 0.4) is 0 Å². The highest BCUT2D eigenvalue weighted by Crippen LogP contribution is 2.29. The summed E-state index contributed by atoms with van der Waals surface area (Å²) in [6, 6.07) is 7.65. The van der Waals surface area contributed by atoms with E-state index in [4.69, 9.17) is 20.4 Å². The lowest BCUT2D eigenvalue weighted by atomic mass is 10.3. The number of amides is 1. The first kappa shape index (κ1) is 20.9. The zero-order valence-electron chi connectivity index (χ0n) is 15.6. The molecule has 158 valence electrons. The van der Waals surface area contributed by atoms with Crippen molar-refractivity contribution in [2.45, 2.75) is 23.0 Å². The maximum absolute atomic E-state index is 12.7. The number of halogens is 1. The van der Waals surface area contributed by atoms with E-state index in [1.54, 1.807) is 12.1 Å². The molecule has 3 aromatic rings. The van der Waals surface area contributed by atoms with Crippen molar-refractivity contribution in [3.8, 4) is 11.7 Å². The van der Waals surface area contributed by atoms with Gasteiger partial charge >= 0.3 is 0 Å². The number of benzene rings is 1. The van der Waals surface area contributed by atoms with Crippen LogP contribution in [0.25, 0.3) is 11.7 Å². The summed E-state index contributed by atoms with van der Waals surface area (Å²) in [6.45, 7) is 0.987. The number of nitrogens with zero attached hydrogens (tertiary/aromatic N) is 3. The van der Waals surface area contributed by atoms with Gasteiger partial charge in [-0.05, 0) is 43.2 Å². The van der Waals surface area contributed by atoms with Gasteiger partial charge in [0.15, 0.2) is 5.76 Å². The highest BCUT2D eigenvalue weighted by Gasteiger charge is 2.27. The third kappa shape index (κ3) is 4.53. The van der Waals surface area contributed by atoms with Gasteiger partial charge in [-0.1, -0.05) is 23.4 Å². The highest BCUT2D eigenvalue weighted by atomic mass is 35.5. The zero-order chi connectivity index (χ0) is 21.1. The van der Waals surface area contributed by atoms with Gasteiger partial charge in [0.25, 0.3) is 11.1 Å². The van der Waals surface area contributed by atoms with E-state index >= 15 is 0 Å². The maximum atomic E-state index is 12.7. The van der Waals surface area contributed by atoms with E-state index in [0.29, 0.717) is 18.8 Å². The summed E-state index contributed by atoms with van der Waals surface area (Å²) in [7, 11) is -3.61. The lowest BCUT2D eigenvalue weighted by Gasteiger charge is -2.16. The standard InChI is InChI=1S/C18H17ClN4O5S2/c19-13-6-5-12(30(25,26)23-7-1-2-8-23)10-14(13)20-16(24)11-29-18-22-21-17(28-18)15-4-3-9-27-15/h3-6,9-10H,1-2,7-8,11H2,(H,20,24). The minimum absolute atomic E-state index is 0.0286. The van der Waals surface area contributed by atoms with Crippen LogP contribution >= 0.6 is 23.4 Å². The van der Waals surface area contributed by atoms with Crippen LogP contribution in [0.1, 0.15) is 12.8 Å². The second kappa shape index (κ2) is 8.80. The molecule has 0 bridgehead atoms. The van der Waals surface area contributed by atoms with Crippen molar-refractivity contribution in [2.75, 3.05) is 24.2 Å². The number of hydrogen-bond donors (Lipinski definition) is 1. The average molecular weight is 469 g/mol. The molecule has 1 amide bonds. The molecule has 0 aliphatic carbocycles. The van der Waals surface area contributed by atoms with Crippen molar-refractivity contribution in [2.24, 2.45) is 0 Å². The molecule has 1 fully saturated rings. The topological polar surface area (TPSA) is 119 Å². The van der Waals surface area contributed by atoms with Crippen LogP contribution in [0, 0.1) is 0 Å². The van der Waals surface area contributed by atoms with Crippen LogP contribution in [-0.2, 0) is 14.8 Å². The zero-order valence-corrected chi connectivity index (χ0v) is 18.0. The first-order valence-electron chi connectivity index (χ1n) is 9.03. The summed E-state index contributed by atoms with van der Waals surface area (Å²) < 4.78 is 37.5. The minimum atomic E-state index is -3.61. The third-order valence-corrected chi connectivity index (χ3v) is 7.42. The number of hydrogen-bond acceptors (Lipinski definition) is 8. The van der Waals surface area contributed by atoms with Gasteiger partial charge in [-0.3, -0.25) is 4.79 Å². The molecule has 2 aromatic heterocycles. The molecule has 0 spiro atoms. The molecule has 1 N–H and O–H groups in total. The van der Waals surface area contributed by atoms with Gasteiger partial charge in [0, 0.05) is 13.1 Å². The Kier molecular flexibility index (Phi) is 6.14. The number of carbonyl (C=O) groups is 1. The largest absolute Gasteiger partial charge is 0.459 e. The Hall–Kier alpha value is -2.34. The van der Waals surface area contributed by atoms with Gasteiger partial charge in [0.2, 0.25) is 15.9 Å². The Morgan fingerprint density at radius 3 is 2.77 bits per heavy atom. The van der Waals surface area contributed by atoms with Crippen molar-refractivity contribution in [1.82, 2.24) is 14.5 Å². The molecule has 0 radical (unpaired) electrons.